The Balaban J connectivity index is 1.91. The van der Waals surface area contributed by atoms with Gasteiger partial charge in [-0.2, -0.15) is 14.9 Å². The molecule has 1 heterocycles. The van der Waals surface area contributed by atoms with Gasteiger partial charge in [0, 0.05) is 5.56 Å². The van der Waals surface area contributed by atoms with Gasteiger partial charge < -0.3 is 4.74 Å². The molecule has 0 radical (unpaired) electrons. The second-order valence-corrected chi connectivity index (χ2v) is 5.66. The fourth-order valence-electron chi connectivity index (χ4n) is 2.23. The van der Waals surface area contributed by atoms with Crippen molar-refractivity contribution in [3.05, 3.63) is 64.4 Å². The van der Waals surface area contributed by atoms with Crippen molar-refractivity contribution in [1.29, 1.82) is 0 Å². The molecule has 0 spiro atoms. The number of hydrogen-bond donors (Lipinski definition) is 1. The van der Waals surface area contributed by atoms with Crippen molar-refractivity contribution in [2.45, 2.75) is 13.8 Å². The van der Waals surface area contributed by atoms with E-state index >= 15 is 0 Å². The fourth-order valence-corrected chi connectivity index (χ4v) is 2.41. The fraction of sp³-hybridized carbons (Fsp3) is 0.167. The molecule has 5 nitrogen and oxygen atoms in total. The Morgan fingerprint density at radius 3 is 2.54 bits per heavy atom. The van der Waals surface area contributed by atoms with Gasteiger partial charge in [-0.1, -0.05) is 29.8 Å². The zero-order valence-corrected chi connectivity index (χ0v) is 14.4. The molecule has 2 aromatic carbocycles. The molecule has 0 aliphatic carbocycles. The lowest BCUT2D eigenvalue weighted by Gasteiger charge is -2.04. The molecule has 122 valence electrons. The van der Waals surface area contributed by atoms with Gasteiger partial charge in [-0.15, -0.1) is 0 Å². The maximum absolute atomic E-state index is 5.46. The first-order valence-electron chi connectivity index (χ1n) is 7.69. The Morgan fingerprint density at radius 1 is 1.17 bits per heavy atom. The summed E-state index contributed by atoms with van der Waals surface area (Å²) in [5, 5.41) is 11.5. The summed E-state index contributed by atoms with van der Waals surface area (Å²) in [6, 6.07) is 15.8. The van der Waals surface area contributed by atoms with Crippen molar-refractivity contribution < 1.29 is 4.74 Å². The summed E-state index contributed by atoms with van der Waals surface area (Å²) in [7, 11) is 0. The minimum absolute atomic E-state index is 0.447. The van der Waals surface area contributed by atoms with E-state index in [1.54, 1.807) is 10.9 Å². The van der Waals surface area contributed by atoms with E-state index in [1.165, 1.54) is 5.56 Å². The van der Waals surface area contributed by atoms with E-state index in [9.17, 15) is 0 Å². The van der Waals surface area contributed by atoms with E-state index in [0.29, 0.717) is 17.2 Å². The van der Waals surface area contributed by atoms with Crippen LogP contribution in [0.1, 0.15) is 18.1 Å². The van der Waals surface area contributed by atoms with Gasteiger partial charge in [0.1, 0.15) is 5.75 Å². The average Bonchev–Trinajstić information content (AvgIpc) is 2.96. The number of ether oxygens (including phenoxy) is 1. The number of rotatable bonds is 5. The zero-order chi connectivity index (χ0) is 16.9. The van der Waals surface area contributed by atoms with E-state index in [2.05, 4.69) is 22.2 Å². The van der Waals surface area contributed by atoms with Crippen LogP contribution in [-0.2, 0) is 0 Å². The Bertz CT molecular complexity index is 892. The van der Waals surface area contributed by atoms with Crippen LogP contribution in [0.3, 0.4) is 0 Å². The van der Waals surface area contributed by atoms with E-state index in [1.807, 2.05) is 55.5 Å². The molecular weight excluding hydrogens is 320 g/mol. The first kappa shape index (κ1) is 16.1. The number of hydrogen-bond acceptors (Lipinski definition) is 4. The van der Waals surface area contributed by atoms with Crippen molar-refractivity contribution in [2.75, 3.05) is 6.61 Å². The minimum Gasteiger partial charge on any atom is -0.494 e. The first-order valence-corrected chi connectivity index (χ1v) is 8.10. The van der Waals surface area contributed by atoms with Crippen LogP contribution < -0.4 is 4.74 Å². The molecule has 3 rings (SSSR count). The molecule has 0 saturated carbocycles. The van der Waals surface area contributed by atoms with Gasteiger partial charge >= 0.3 is 0 Å². The van der Waals surface area contributed by atoms with Crippen LogP contribution >= 0.6 is 12.2 Å². The van der Waals surface area contributed by atoms with E-state index < -0.39 is 0 Å². The Morgan fingerprint density at radius 2 is 1.88 bits per heavy atom. The predicted molar refractivity (Wildman–Crippen MR) is 98.2 cm³/mol. The maximum Gasteiger partial charge on any atom is 0.216 e. The number of aryl methyl sites for hydroxylation is 1. The third-order valence-corrected chi connectivity index (χ3v) is 3.74. The molecule has 0 unspecified atom stereocenters. The number of aromatic nitrogens is 3. The Labute approximate surface area is 145 Å². The molecule has 0 fully saturated rings. The van der Waals surface area contributed by atoms with Gasteiger partial charge in [0.2, 0.25) is 4.77 Å². The molecule has 1 N–H and O–H groups in total. The number of H-pyrrole nitrogens is 1. The number of nitrogens with zero attached hydrogens (tertiary/aromatic N) is 3. The Hall–Kier alpha value is -2.73. The lowest BCUT2D eigenvalue weighted by atomic mass is 10.2. The molecule has 0 aliphatic heterocycles. The SMILES string of the molecule is CCOc1ccc(-c2n[nH]c(=S)n2N=Cc2ccc(C)cc2)cc1. The number of aromatic amines is 1. The highest BCUT2D eigenvalue weighted by Gasteiger charge is 2.08. The van der Waals surface area contributed by atoms with E-state index in [0.717, 1.165) is 16.9 Å². The van der Waals surface area contributed by atoms with E-state index in [4.69, 9.17) is 17.0 Å². The van der Waals surface area contributed by atoms with Crippen LogP contribution in [0.25, 0.3) is 11.4 Å². The number of benzene rings is 2. The first-order chi connectivity index (χ1) is 11.7. The van der Waals surface area contributed by atoms with E-state index in [-0.39, 0.29) is 0 Å². The highest BCUT2D eigenvalue weighted by molar-refractivity contribution is 7.71. The maximum atomic E-state index is 5.46. The van der Waals surface area contributed by atoms with Crippen LogP contribution in [-0.4, -0.2) is 27.7 Å². The van der Waals surface area contributed by atoms with Gasteiger partial charge in [0.15, 0.2) is 5.82 Å². The molecule has 0 amide bonds. The van der Waals surface area contributed by atoms with Gasteiger partial charge in [0.25, 0.3) is 0 Å². The lowest BCUT2D eigenvalue weighted by Crippen LogP contribution is -1.96. The second-order valence-electron chi connectivity index (χ2n) is 5.28. The second kappa shape index (κ2) is 7.23. The van der Waals surface area contributed by atoms with Crippen molar-refractivity contribution >= 4 is 18.4 Å². The summed E-state index contributed by atoms with van der Waals surface area (Å²) in [5.74, 6) is 1.48. The molecule has 0 saturated heterocycles. The zero-order valence-electron chi connectivity index (χ0n) is 13.6. The smallest absolute Gasteiger partial charge is 0.216 e. The lowest BCUT2D eigenvalue weighted by molar-refractivity contribution is 0.340. The highest BCUT2D eigenvalue weighted by atomic mass is 32.1. The molecule has 0 bridgehead atoms. The topological polar surface area (TPSA) is 55.2 Å². The van der Waals surface area contributed by atoms with Crippen molar-refractivity contribution in [1.82, 2.24) is 14.9 Å². The van der Waals surface area contributed by atoms with Gasteiger partial charge in [-0.25, -0.2) is 5.10 Å². The summed E-state index contributed by atoms with van der Waals surface area (Å²) in [6.07, 6.45) is 1.77. The van der Waals surface area contributed by atoms with Crippen molar-refractivity contribution in [3.63, 3.8) is 0 Å². The van der Waals surface area contributed by atoms with Gasteiger partial charge in [0.05, 0.1) is 12.8 Å². The van der Waals surface area contributed by atoms with Gasteiger partial charge in [-0.3, -0.25) is 0 Å². The molecular formula is C18H18N4OS. The van der Waals surface area contributed by atoms with Crippen LogP contribution in [0.4, 0.5) is 0 Å². The summed E-state index contributed by atoms with van der Waals surface area (Å²) in [6.45, 7) is 4.65. The third-order valence-electron chi connectivity index (χ3n) is 3.47. The normalized spacial score (nSPS) is 11.1. The Kier molecular flexibility index (Phi) is 4.86. The molecule has 1 aromatic heterocycles. The van der Waals surface area contributed by atoms with Crippen LogP contribution in [0, 0.1) is 11.7 Å². The monoisotopic (exact) mass is 338 g/mol. The van der Waals surface area contributed by atoms with Crippen molar-refractivity contribution in [3.8, 4) is 17.1 Å². The molecule has 0 aliphatic rings. The average molecular weight is 338 g/mol. The summed E-state index contributed by atoms with van der Waals surface area (Å²) < 4.78 is 7.52. The molecule has 0 atom stereocenters. The predicted octanol–water partition coefficient (Wildman–Crippen LogP) is 4.20. The summed E-state index contributed by atoms with van der Waals surface area (Å²) >= 11 is 5.28. The largest absolute Gasteiger partial charge is 0.494 e. The minimum atomic E-state index is 0.447. The van der Waals surface area contributed by atoms with Crippen LogP contribution in [0.5, 0.6) is 5.75 Å². The third kappa shape index (κ3) is 3.60. The number of nitrogens with one attached hydrogen (secondary N) is 1. The highest BCUT2D eigenvalue weighted by Crippen LogP contribution is 2.21. The van der Waals surface area contributed by atoms with Crippen LogP contribution in [0.15, 0.2) is 53.6 Å². The van der Waals surface area contributed by atoms with Crippen molar-refractivity contribution in [2.24, 2.45) is 5.10 Å². The molecule has 24 heavy (non-hydrogen) atoms. The molecule has 6 heteroatoms. The summed E-state index contributed by atoms with van der Waals surface area (Å²) in [5.41, 5.74) is 3.12. The standard InChI is InChI=1S/C18H18N4OS/c1-3-23-16-10-8-15(9-11-16)17-20-21-18(24)22(17)19-12-14-6-4-13(2)5-7-14/h4-12H,3H2,1-2H3,(H,21,24). The van der Waals surface area contributed by atoms with Gasteiger partial charge in [-0.05, 0) is 55.9 Å². The molecule has 3 aromatic rings. The van der Waals surface area contributed by atoms with Crippen LogP contribution in [0.2, 0.25) is 0 Å². The summed E-state index contributed by atoms with van der Waals surface area (Å²) in [4.78, 5) is 0. The quantitative estimate of drug-likeness (QED) is 0.560.